The minimum Gasteiger partial charge on any atom is -0.396 e. The first-order chi connectivity index (χ1) is 9.60. The molecule has 3 N–H and O–H groups in total. The van der Waals surface area contributed by atoms with Gasteiger partial charge in [-0.25, -0.2) is 0 Å². The van der Waals surface area contributed by atoms with E-state index >= 15 is 0 Å². The van der Waals surface area contributed by atoms with Gasteiger partial charge in [0.15, 0.2) is 0 Å². The van der Waals surface area contributed by atoms with Gasteiger partial charge in [-0.05, 0) is 36.5 Å². The van der Waals surface area contributed by atoms with Gasteiger partial charge >= 0.3 is 0 Å². The molecule has 0 aromatic heterocycles. The maximum atomic E-state index is 10.2. The second-order valence-electron chi connectivity index (χ2n) is 5.98. The molecule has 4 atom stereocenters. The van der Waals surface area contributed by atoms with E-state index in [9.17, 15) is 15.3 Å². The van der Waals surface area contributed by atoms with Gasteiger partial charge < -0.3 is 15.3 Å². The van der Waals surface area contributed by atoms with E-state index in [1.54, 1.807) is 0 Å². The monoisotopic (exact) mass is 278 g/mol. The lowest BCUT2D eigenvalue weighted by atomic mass is 9.83. The lowest BCUT2D eigenvalue weighted by molar-refractivity contribution is 0.0841. The average molecular weight is 278 g/mol. The van der Waals surface area contributed by atoms with Crippen LogP contribution in [0.3, 0.4) is 0 Å². The molecule has 20 heavy (non-hydrogen) atoms. The van der Waals surface area contributed by atoms with Crippen LogP contribution in [0.25, 0.3) is 0 Å². The smallest absolute Gasteiger partial charge is 0.0638 e. The van der Waals surface area contributed by atoms with Crippen molar-refractivity contribution in [3.63, 3.8) is 0 Å². The van der Waals surface area contributed by atoms with Crippen LogP contribution >= 0.6 is 0 Å². The maximum Gasteiger partial charge on any atom is 0.0638 e. The van der Waals surface area contributed by atoms with Gasteiger partial charge in [-0.3, -0.25) is 0 Å². The largest absolute Gasteiger partial charge is 0.396 e. The second-order valence-corrected chi connectivity index (χ2v) is 5.98. The van der Waals surface area contributed by atoms with Gasteiger partial charge in [0.1, 0.15) is 0 Å². The Labute approximate surface area is 121 Å². The zero-order valence-electron chi connectivity index (χ0n) is 12.4. The molecule has 0 saturated heterocycles. The van der Waals surface area contributed by atoms with E-state index in [-0.39, 0.29) is 18.4 Å². The summed E-state index contributed by atoms with van der Waals surface area (Å²) in [6.45, 7) is 4.19. The van der Waals surface area contributed by atoms with Crippen LogP contribution in [0.2, 0.25) is 0 Å². The predicted molar refractivity (Wildman–Crippen MR) is 79.7 cm³/mol. The number of hydrogen-bond acceptors (Lipinski definition) is 3. The van der Waals surface area contributed by atoms with Crippen LogP contribution in [0.4, 0.5) is 0 Å². The second kappa shape index (κ2) is 6.70. The van der Waals surface area contributed by atoms with Crippen molar-refractivity contribution in [3.05, 3.63) is 34.9 Å². The summed E-state index contributed by atoms with van der Waals surface area (Å²) in [6.07, 6.45) is 2.54. The van der Waals surface area contributed by atoms with Crippen molar-refractivity contribution < 1.29 is 15.3 Å². The molecule has 112 valence electrons. The molecule has 2 rings (SSSR count). The Hall–Kier alpha value is -0.900. The highest BCUT2D eigenvalue weighted by molar-refractivity contribution is 5.38. The summed E-state index contributed by atoms with van der Waals surface area (Å²) >= 11 is 0. The van der Waals surface area contributed by atoms with Gasteiger partial charge in [-0.1, -0.05) is 31.5 Å². The minimum atomic E-state index is -0.612. The molecule has 3 nitrogen and oxygen atoms in total. The van der Waals surface area contributed by atoms with Crippen LogP contribution in [0, 0.1) is 12.8 Å². The normalized spacial score (nSPS) is 29.9. The third kappa shape index (κ3) is 2.90. The molecule has 0 amide bonds. The van der Waals surface area contributed by atoms with Crippen molar-refractivity contribution >= 4 is 0 Å². The molecule has 0 aliphatic heterocycles. The van der Waals surface area contributed by atoms with Crippen LogP contribution in [0.1, 0.15) is 48.8 Å². The summed E-state index contributed by atoms with van der Waals surface area (Å²) in [5, 5.41) is 29.7. The van der Waals surface area contributed by atoms with E-state index in [2.05, 4.69) is 19.9 Å². The highest BCUT2D eigenvalue weighted by Crippen LogP contribution is 2.41. The van der Waals surface area contributed by atoms with Gasteiger partial charge in [0.2, 0.25) is 0 Å². The van der Waals surface area contributed by atoms with Crippen molar-refractivity contribution in [2.24, 2.45) is 5.92 Å². The number of hydrogen-bond donors (Lipinski definition) is 3. The first kappa shape index (κ1) is 15.5. The molecule has 1 fully saturated rings. The Morgan fingerprint density at radius 1 is 1.20 bits per heavy atom. The van der Waals surface area contributed by atoms with Crippen LogP contribution in [-0.4, -0.2) is 34.1 Å². The zero-order chi connectivity index (χ0) is 14.7. The Bertz CT molecular complexity index is 444. The fourth-order valence-corrected chi connectivity index (χ4v) is 3.47. The fourth-order valence-electron chi connectivity index (χ4n) is 3.47. The van der Waals surface area contributed by atoms with E-state index in [0.29, 0.717) is 6.42 Å². The lowest BCUT2D eigenvalue weighted by Crippen LogP contribution is -2.24. The number of aryl methyl sites for hydroxylation is 1. The summed E-state index contributed by atoms with van der Waals surface area (Å²) in [7, 11) is 0. The minimum absolute atomic E-state index is 0.0818. The standard InChI is InChI=1S/C17H26O3/c1-3-4-6-12-7-5-8-13(11(12)2)17-14(10-18)15(19)9-16(17)20/h5,7-8,14-20H,3-4,6,9-10H2,1-2H3/t14?,15-,16+,17?/m1/s1. The maximum absolute atomic E-state index is 10.2. The van der Waals surface area contributed by atoms with Crippen molar-refractivity contribution in [2.75, 3.05) is 6.61 Å². The van der Waals surface area contributed by atoms with E-state index in [1.165, 1.54) is 11.1 Å². The first-order valence-electron chi connectivity index (χ1n) is 7.65. The van der Waals surface area contributed by atoms with Gasteiger partial charge in [-0.2, -0.15) is 0 Å². The molecule has 1 aromatic rings. The van der Waals surface area contributed by atoms with Crippen molar-refractivity contribution in [2.45, 2.75) is 57.7 Å². The molecule has 0 bridgehead atoms. The van der Waals surface area contributed by atoms with E-state index in [0.717, 1.165) is 24.8 Å². The van der Waals surface area contributed by atoms with Crippen molar-refractivity contribution in [1.82, 2.24) is 0 Å². The first-order valence-corrected chi connectivity index (χ1v) is 7.65. The SMILES string of the molecule is CCCCc1cccc(C2C(CO)[C@H](O)C[C@@H]2O)c1C. The van der Waals surface area contributed by atoms with Gasteiger partial charge in [0.05, 0.1) is 12.2 Å². The van der Waals surface area contributed by atoms with Crippen LogP contribution in [-0.2, 0) is 6.42 Å². The predicted octanol–water partition coefficient (Wildman–Crippen LogP) is 2.16. The molecule has 1 aliphatic rings. The lowest BCUT2D eigenvalue weighted by Gasteiger charge is -2.25. The van der Waals surface area contributed by atoms with Crippen LogP contribution < -0.4 is 0 Å². The van der Waals surface area contributed by atoms with Crippen molar-refractivity contribution in [3.8, 4) is 0 Å². The summed E-state index contributed by atoms with van der Waals surface area (Å²) < 4.78 is 0. The highest BCUT2D eigenvalue weighted by Gasteiger charge is 2.42. The Balaban J connectivity index is 2.32. The molecule has 1 aliphatic carbocycles. The molecule has 0 heterocycles. The third-order valence-corrected chi connectivity index (χ3v) is 4.71. The molecule has 2 unspecified atom stereocenters. The average Bonchev–Trinajstić information content (AvgIpc) is 2.71. The fraction of sp³-hybridized carbons (Fsp3) is 0.647. The van der Waals surface area contributed by atoms with E-state index in [4.69, 9.17) is 0 Å². The van der Waals surface area contributed by atoms with Crippen LogP contribution in [0.15, 0.2) is 18.2 Å². The van der Waals surface area contributed by atoms with E-state index < -0.39 is 12.2 Å². The quantitative estimate of drug-likeness (QED) is 0.773. The molecular formula is C17H26O3. The number of aliphatic hydroxyl groups is 3. The Morgan fingerprint density at radius 3 is 2.60 bits per heavy atom. The Morgan fingerprint density at radius 2 is 1.95 bits per heavy atom. The Kier molecular flexibility index (Phi) is 5.19. The topological polar surface area (TPSA) is 60.7 Å². The number of aliphatic hydroxyl groups excluding tert-OH is 3. The number of rotatable bonds is 5. The molecule has 1 aromatic carbocycles. The van der Waals surface area contributed by atoms with Crippen molar-refractivity contribution in [1.29, 1.82) is 0 Å². The van der Waals surface area contributed by atoms with E-state index in [1.807, 2.05) is 12.1 Å². The van der Waals surface area contributed by atoms with Gasteiger partial charge in [0.25, 0.3) is 0 Å². The van der Waals surface area contributed by atoms with Gasteiger partial charge in [-0.15, -0.1) is 0 Å². The molecule has 0 radical (unpaired) electrons. The molecule has 0 spiro atoms. The van der Waals surface area contributed by atoms with Gasteiger partial charge in [0, 0.05) is 24.9 Å². The number of unbranched alkanes of at least 4 members (excludes halogenated alkanes) is 1. The number of benzene rings is 1. The summed E-state index contributed by atoms with van der Waals surface area (Å²) in [6, 6.07) is 6.19. The zero-order valence-corrected chi connectivity index (χ0v) is 12.4. The molecular weight excluding hydrogens is 252 g/mol. The third-order valence-electron chi connectivity index (χ3n) is 4.71. The molecule has 1 saturated carbocycles. The van der Waals surface area contributed by atoms with Crippen LogP contribution in [0.5, 0.6) is 0 Å². The summed E-state index contributed by atoms with van der Waals surface area (Å²) in [4.78, 5) is 0. The summed E-state index contributed by atoms with van der Waals surface area (Å²) in [5.41, 5.74) is 3.61. The summed E-state index contributed by atoms with van der Waals surface area (Å²) in [5.74, 6) is -0.415. The highest BCUT2D eigenvalue weighted by atomic mass is 16.3. The molecule has 3 heteroatoms.